The minimum atomic E-state index is -0.284. The average Bonchev–Trinajstić information content (AvgIpc) is 3.00. The molecule has 1 fully saturated rings. The first-order chi connectivity index (χ1) is 7.54. The van der Waals surface area contributed by atoms with E-state index in [0.717, 1.165) is 0 Å². The third-order valence-corrected chi connectivity index (χ3v) is 2.74. The molecule has 1 unspecified atom stereocenters. The van der Waals surface area contributed by atoms with Gasteiger partial charge < -0.3 is 5.73 Å². The zero-order chi connectivity index (χ0) is 12.1. The van der Waals surface area contributed by atoms with E-state index in [9.17, 15) is 9.59 Å². The Morgan fingerprint density at radius 3 is 2.50 bits per heavy atom. The summed E-state index contributed by atoms with van der Waals surface area (Å²) < 4.78 is 0. The normalized spacial score (nSPS) is 17.0. The lowest BCUT2D eigenvalue weighted by Crippen LogP contribution is -2.49. The molecule has 1 aliphatic carbocycles. The number of likely N-dealkylation sites (N-methyl/N-ethyl adjacent to an activating group) is 1. The quantitative estimate of drug-likeness (QED) is 0.517. The molecule has 0 aliphatic heterocycles. The first kappa shape index (κ1) is 12.9. The van der Waals surface area contributed by atoms with E-state index in [0.29, 0.717) is 12.5 Å². The van der Waals surface area contributed by atoms with Crippen molar-refractivity contribution in [2.75, 3.05) is 20.1 Å². The standard InChI is InChI=1S/C10H20N4O2/c1-7(15)12-13-10(16)6-14(2)9(5-11)8-3-4-8/h8-9H,3-6,11H2,1-2H3,(H,12,15)(H,13,16). The van der Waals surface area contributed by atoms with Crippen LogP contribution < -0.4 is 16.6 Å². The summed E-state index contributed by atoms with van der Waals surface area (Å²) in [7, 11) is 1.88. The Kier molecular flexibility index (Phi) is 4.70. The Morgan fingerprint density at radius 1 is 1.44 bits per heavy atom. The van der Waals surface area contributed by atoms with Gasteiger partial charge in [0.25, 0.3) is 5.91 Å². The fourth-order valence-electron chi connectivity index (χ4n) is 1.75. The highest BCUT2D eigenvalue weighted by Crippen LogP contribution is 2.34. The Bertz CT molecular complexity index is 266. The first-order valence-corrected chi connectivity index (χ1v) is 5.50. The lowest BCUT2D eigenvalue weighted by atomic mass is 10.1. The summed E-state index contributed by atoms with van der Waals surface area (Å²) >= 11 is 0. The molecule has 0 bridgehead atoms. The summed E-state index contributed by atoms with van der Waals surface area (Å²) in [5.41, 5.74) is 10.3. The number of carbonyl (C=O) groups is 2. The number of carbonyl (C=O) groups excluding carboxylic acids is 2. The predicted octanol–water partition coefficient (Wildman–Crippen LogP) is -1.18. The van der Waals surface area contributed by atoms with E-state index < -0.39 is 0 Å². The Morgan fingerprint density at radius 2 is 2.06 bits per heavy atom. The highest BCUT2D eigenvalue weighted by Gasteiger charge is 2.33. The van der Waals surface area contributed by atoms with Crippen LogP contribution in [0, 0.1) is 5.92 Å². The molecule has 1 rings (SSSR count). The molecular weight excluding hydrogens is 208 g/mol. The zero-order valence-corrected chi connectivity index (χ0v) is 9.82. The number of rotatable bonds is 5. The summed E-state index contributed by atoms with van der Waals surface area (Å²) in [6.45, 7) is 2.16. The van der Waals surface area contributed by atoms with Crippen molar-refractivity contribution in [2.45, 2.75) is 25.8 Å². The summed E-state index contributed by atoms with van der Waals surface area (Å²) in [6.07, 6.45) is 2.39. The number of nitrogens with one attached hydrogen (secondary N) is 2. The number of hydrogen-bond donors (Lipinski definition) is 3. The van der Waals surface area contributed by atoms with Gasteiger partial charge in [-0.15, -0.1) is 0 Å². The predicted molar refractivity (Wildman–Crippen MR) is 60.2 cm³/mol. The van der Waals surface area contributed by atoms with E-state index in [4.69, 9.17) is 5.73 Å². The average molecular weight is 228 g/mol. The third kappa shape index (κ3) is 4.16. The molecule has 92 valence electrons. The number of amides is 2. The second-order valence-corrected chi connectivity index (χ2v) is 4.28. The summed E-state index contributed by atoms with van der Waals surface area (Å²) in [5, 5.41) is 0. The van der Waals surface area contributed by atoms with Gasteiger partial charge in [0.2, 0.25) is 5.91 Å². The maximum atomic E-state index is 11.4. The third-order valence-electron chi connectivity index (χ3n) is 2.74. The van der Waals surface area contributed by atoms with Crippen LogP contribution in [-0.4, -0.2) is 42.9 Å². The second kappa shape index (κ2) is 5.81. The Hall–Kier alpha value is -1.14. The first-order valence-electron chi connectivity index (χ1n) is 5.50. The monoisotopic (exact) mass is 228 g/mol. The van der Waals surface area contributed by atoms with Crippen molar-refractivity contribution in [2.24, 2.45) is 11.7 Å². The van der Waals surface area contributed by atoms with Gasteiger partial charge in [-0.05, 0) is 25.8 Å². The van der Waals surface area contributed by atoms with E-state index in [1.54, 1.807) is 0 Å². The molecule has 4 N–H and O–H groups in total. The summed E-state index contributed by atoms with van der Waals surface area (Å²) in [6, 6.07) is 0.267. The van der Waals surface area contributed by atoms with Crippen molar-refractivity contribution in [3.63, 3.8) is 0 Å². The van der Waals surface area contributed by atoms with Crippen molar-refractivity contribution in [1.29, 1.82) is 0 Å². The van der Waals surface area contributed by atoms with Crippen LogP contribution in [0.3, 0.4) is 0 Å². The van der Waals surface area contributed by atoms with Gasteiger partial charge in [0, 0.05) is 19.5 Å². The van der Waals surface area contributed by atoms with Gasteiger partial charge in [-0.2, -0.15) is 0 Å². The molecule has 0 aromatic rings. The van der Waals surface area contributed by atoms with Gasteiger partial charge in [-0.3, -0.25) is 25.3 Å². The molecule has 6 heteroatoms. The van der Waals surface area contributed by atoms with Crippen LogP contribution in [0.25, 0.3) is 0 Å². The smallest absolute Gasteiger partial charge is 0.252 e. The number of nitrogens with zero attached hydrogens (tertiary/aromatic N) is 1. The number of hydrazine groups is 1. The molecule has 0 heterocycles. The van der Waals surface area contributed by atoms with Crippen LogP contribution in [0.15, 0.2) is 0 Å². The Balaban J connectivity index is 2.28. The SMILES string of the molecule is CC(=O)NNC(=O)CN(C)C(CN)C1CC1. The molecule has 0 saturated heterocycles. The van der Waals surface area contributed by atoms with Crippen LogP contribution >= 0.6 is 0 Å². The maximum absolute atomic E-state index is 11.4. The van der Waals surface area contributed by atoms with Crippen molar-refractivity contribution < 1.29 is 9.59 Å². The number of nitrogens with two attached hydrogens (primary N) is 1. The van der Waals surface area contributed by atoms with Gasteiger partial charge in [0.1, 0.15) is 0 Å². The fraction of sp³-hybridized carbons (Fsp3) is 0.800. The lowest BCUT2D eigenvalue weighted by molar-refractivity contribution is -0.128. The molecule has 1 aliphatic rings. The van der Waals surface area contributed by atoms with E-state index in [1.807, 2.05) is 11.9 Å². The molecule has 0 aromatic heterocycles. The van der Waals surface area contributed by atoms with E-state index in [2.05, 4.69) is 10.9 Å². The second-order valence-electron chi connectivity index (χ2n) is 4.28. The number of hydrogen-bond acceptors (Lipinski definition) is 4. The van der Waals surface area contributed by atoms with Gasteiger partial charge in [0.15, 0.2) is 0 Å². The molecule has 1 saturated carbocycles. The summed E-state index contributed by atoms with van der Waals surface area (Å²) in [4.78, 5) is 23.9. The highest BCUT2D eigenvalue weighted by molar-refractivity contribution is 5.81. The summed E-state index contributed by atoms with van der Waals surface area (Å²) in [5.74, 6) is 0.119. The highest BCUT2D eigenvalue weighted by atomic mass is 16.2. The van der Waals surface area contributed by atoms with Gasteiger partial charge >= 0.3 is 0 Å². The van der Waals surface area contributed by atoms with Crippen molar-refractivity contribution in [1.82, 2.24) is 15.8 Å². The molecule has 0 spiro atoms. The van der Waals surface area contributed by atoms with Crippen LogP contribution in [0.2, 0.25) is 0 Å². The molecule has 16 heavy (non-hydrogen) atoms. The van der Waals surface area contributed by atoms with Crippen LogP contribution in [-0.2, 0) is 9.59 Å². The van der Waals surface area contributed by atoms with Gasteiger partial charge in [-0.1, -0.05) is 0 Å². The Labute approximate surface area is 95.5 Å². The van der Waals surface area contributed by atoms with Crippen molar-refractivity contribution >= 4 is 11.8 Å². The van der Waals surface area contributed by atoms with Crippen molar-refractivity contribution in [3.05, 3.63) is 0 Å². The molecule has 2 amide bonds. The molecule has 0 aromatic carbocycles. The maximum Gasteiger partial charge on any atom is 0.252 e. The van der Waals surface area contributed by atoms with Crippen LogP contribution in [0.1, 0.15) is 19.8 Å². The van der Waals surface area contributed by atoms with Gasteiger partial charge in [-0.25, -0.2) is 0 Å². The van der Waals surface area contributed by atoms with Crippen LogP contribution in [0.5, 0.6) is 0 Å². The minimum absolute atomic E-state index is 0.225. The van der Waals surface area contributed by atoms with Crippen LogP contribution in [0.4, 0.5) is 0 Å². The van der Waals surface area contributed by atoms with E-state index >= 15 is 0 Å². The van der Waals surface area contributed by atoms with E-state index in [-0.39, 0.29) is 24.4 Å². The lowest BCUT2D eigenvalue weighted by Gasteiger charge is -2.26. The largest absolute Gasteiger partial charge is 0.329 e. The topological polar surface area (TPSA) is 87.5 Å². The molecule has 1 atom stereocenters. The van der Waals surface area contributed by atoms with E-state index in [1.165, 1.54) is 19.8 Å². The minimum Gasteiger partial charge on any atom is -0.329 e. The van der Waals surface area contributed by atoms with Crippen molar-refractivity contribution in [3.8, 4) is 0 Å². The van der Waals surface area contributed by atoms with Gasteiger partial charge in [0.05, 0.1) is 6.54 Å². The molecular formula is C10H20N4O2. The fourth-order valence-corrected chi connectivity index (χ4v) is 1.75. The zero-order valence-electron chi connectivity index (χ0n) is 9.82. The molecule has 0 radical (unpaired) electrons. The molecule has 6 nitrogen and oxygen atoms in total.